The monoisotopic (exact) mass is 218 g/mol. The highest BCUT2D eigenvalue weighted by Crippen LogP contribution is 2.01. The normalized spacial score (nSPS) is 13.6. The minimum atomic E-state index is -1.01. The highest BCUT2D eigenvalue weighted by molar-refractivity contribution is 5.84. The highest BCUT2D eigenvalue weighted by atomic mass is 16.5. The van der Waals surface area contributed by atoms with Crippen LogP contribution >= 0.6 is 0 Å². The summed E-state index contributed by atoms with van der Waals surface area (Å²) in [5, 5.41) is 8.56. The van der Waals surface area contributed by atoms with Crippen molar-refractivity contribution in [3.05, 3.63) is 0 Å². The first-order valence-electron chi connectivity index (χ1n) is 4.86. The third-order valence-electron chi connectivity index (χ3n) is 1.89. The molecule has 0 aromatic rings. The Morgan fingerprint density at radius 1 is 1.33 bits per heavy atom. The molecule has 0 amide bonds. The number of ether oxygens (including phenoxy) is 1. The minimum absolute atomic E-state index is 0.237. The summed E-state index contributed by atoms with van der Waals surface area (Å²) in [6.45, 7) is 2.48. The predicted molar refractivity (Wildman–Crippen MR) is 55.6 cm³/mol. The van der Waals surface area contributed by atoms with Gasteiger partial charge in [-0.3, -0.25) is 9.59 Å². The number of carbonyl (C=O) groups excluding carboxylic acids is 1. The molecule has 0 spiro atoms. The molecule has 88 valence electrons. The Bertz CT molecular complexity index is 232. The first-order valence-corrected chi connectivity index (χ1v) is 4.86. The van der Waals surface area contributed by atoms with E-state index in [1.165, 1.54) is 6.92 Å². The van der Waals surface area contributed by atoms with Crippen molar-refractivity contribution in [3.63, 3.8) is 0 Å². The zero-order chi connectivity index (χ0) is 12.1. The molecule has 0 saturated heterocycles. The van der Waals surface area contributed by atoms with Crippen LogP contribution in [0, 0.1) is 0 Å². The quantitative estimate of drug-likeness (QED) is 0.617. The summed E-state index contributed by atoms with van der Waals surface area (Å²) in [6, 6.07) is 0. The molecule has 0 fully saturated rings. The maximum Gasteiger partial charge on any atom is 0.306 e. The third kappa shape index (κ3) is 8.08. The molecule has 0 aliphatic rings. The van der Waals surface area contributed by atoms with Crippen molar-refractivity contribution < 1.29 is 23.9 Å². The van der Waals surface area contributed by atoms with Crippen LogP contribution < -0.4 is 0 Å². The predicted octanol–water partition coefficient (Wildman–Crippen LogP) is 0.142. The van der Waals surface area contributed by atoms with Gasteiger partial charge in [-0.2, -0.15) is 0 Å². The van der Waals surface area contributed by atoms with Gasteiger partial charge in [-0.05, 0) is 6.92 Å². The van der Waals surface area contributed by atoms with E-state index in [4.69, 9.17) is 9.84 Å². The number of carbonyl (C=O) groups is 2. The Balaban J connectivity index is 3.98. The van der Waals surface area contributed by atoms with Gasteiger partial charge in [0.2, 0.25) is 0 Å². The van der Waals surface area contributed by atoms with E-state index in [9.17, 15) is 9.59 Å². The Hall–Kier alpha value is -0.940. The number of Topliss-reactive ketones (excluding diaryl/α,β-unsaturated/α-hetero) is 1. The maximum absolute atomic E-state index is 11.0. The molecule has 1 unspecified atom stereocenters. The van der Waals surface area contributed by atoms with Crippen LogP contribution in [-0.2, 0) is 14.3 Å². The summed E-state index contributed by atoms with van der Waals surface area (Å²) in [4.78, 5) is 21.5. The summed E-state index contributed by atoms with van der Waals surface area (Å²) in [5.41, 5.74) is 0. The van der Waals surface area contributed by atoms with Crippen molar-refractivity contribution in [2.24, 2.45) is 0 Å². The van der Waals surface area contributed by atoms with Crippen molar-refractivity contribution in [2.75, 3.05) is 34.3 Å². The zero-order valence-corrected chi connectivity index (χ0v) is 9.82. The van der Waals surface area contributed by atoms with E-state index >= 15 is 0 Å². The molecule has 0 saturated carbocycles. The van der Waals surface area contributed by atoms with Crippen LogP contribution in [0.4, 0.5) is 0 Å². The van der Waals surface area contributed by atoms with E-state index < -0.39 is 12.1 Å². The van der Waals surface area contributed by atoms with Crippen LogP contribution in [0.5, 0.6) is 0 Å². The van der Waals surface area contributed by atoms with E-state index in [-0.39, 0.29) is 12.2 Å². The van der Waals surface area contributed by atoms with Gasteiger partial charge in [0.05, 0.1) is 34.2 Å². The number of hydrogen-bond acceptors (Lipinski definition) is 3. The van der Waals surface area contributed by atoms with Gasteiger partial charge in [0.15, 0.2) is 5.78 Å². The van der Waals surface area contributed by atoms with E-state index in [0.29, 0.717) is 6.61 Å². The molecule has 0 radical (unpaired) electrons. The molecule has 0 aliphatic carbocycles. The number of likely N-dealkylation sites (N-methyl/N-ethyl adjacent to an activating group) is 1. The number of carboxylic acid groups (broad SMARTS) is 1. The van der Waals surface area contributed by atoms with Crippen molar-refractivity contribution in [1.29, 1.82) is 0 Å². The number of nitrogens with zero attached hydrogens (tertiary/aromatic N) is 1. The fourth-order valence-electron chi connectivity index (χ4n) is 0.947. The summed E-state index contributed by atoms with van der Waals surface area (Å²) in [6.07, 6.45) is -1.07. The van der Waals surface area contributed by atoms with Gasteiger partial charge in [-0.1, -0.05) is 0 Å². The second-order valence-corrected chi connectivity index (χ2v) is 4.58. The van der Waals surface area contributed by atoms with Crippen LogP contribution in [0.25, 0.3) is 0 Å². The molecule has 1 atom stereocenters. The lowest BCUT2D eigenvalue weighted by Gasteiger charge is -2.24. The topological polar surface area (TPSA) is 63.6 Å². The smallest absolute Gasteiger partial charge is 0.306 e. The number of ketones is 1. The van der Waals surface area contributed by atoms with Crippen molar-refractivity contribution in [1.82, 2.24) is 0 Å². The van der Waals surface area contributed by atoms with Crippen LogP contribution in [0.15, 0.2) is 0 Å². The Kier molecular flexibility index (Phi) is 5.46. The van der Waals surface area contributed by atoms with E-state index in [1.807, 2.05) is 21.1 Å². The Morgan fingerprint density at radius 2 is 1.87 bits per heavy atom. The first-order chi connectivity index (χ1) is 6.72. The van der Waals surface area contributed by atoms with Gasteiger partial charge in [-0.25, -0.2) is 0 Å². The van der Waals surface area contributed by atoms with E-state index in [0.717, 1.165) is 11.0 Å². The van der Waals surface area contributed by atoms with Gasteiger partial charge < -0.3 is 14.3 Å². The zero-order valence-electron chi connectivity index (χ0n) is 9.82. The average Bonchev–Trinajstić information content (AvgIpc) is 1.99. The summed E-state index contributed by atoms with van der Waals surface area (Å²) in [5.74, 6) is -1.25. The van der Waals surface area contributed by atoms with Crippen molar-refractivity contribution in [3.8, 4) is 0 Å². The molecule has 1 N–H and O–H groups in total. The summed E-state index contributed by atoms with van der Waals surface area (Å²) < 4.78 is 5.96. The molecule has 0 heterocycles. The number of hydrogen-bond donors (Lipinski definition) is 1. The van der Waals surface area contributed by atoms with Gasteiger partial charge >= 0.3 is 5.97 Å². The Labute approximate surface area is 90.2 Å². The van der Waals surface area contributed by atoms with Gasteiger partial charge in [-0.15, -0.1) is 0 Å². The molecular formula is C10H20NO4+. The van der Waals surface area contributed by atoms with Crippen LogP contribution in [-0.4, -0.2) is 61.7 Å². The molecule has 5 heteroatoms. The molecule has 0 aromatic carbocycles. The lowest BCUT2D eigenvalue weighted by molar-refractivity contribution is -0.870. The second-order valence-electron chi connectivity index (χ2n) is 4.58. The number of carboxylic acids is 1. The maximum atomic E-state index is 11.0. The van der Waals surface area contributed by atoms with Gasteiger partial charge in [0.1, 0.15) is 12.6 Å². The Morgan fingerprint density at radius 3 is 2.20 bits per heavy atom. The second kappa shape index (κ2) is 5.82. The first kappa shape index (κ1) is 14.1. The highest BCUT2D eigenvalue weighted by Gasteiger charge is 2.19. The van der Waals surface area contributed by atoms with Crippen LogP contribution in [0.2, 0.25) is 0 Å². The average molecular weight is 218 g/mol. The van der Waals surface area contributed by atoms with E-state index in [1.54, 1.807) is 0 Å². The molecule has 5 nitrogen and oxygen atoms in total. The minimum Gasteiger partial charge on any atom is -0.481 e. The number of rotatable bonds is 7. The number of quaternary nitrogens is 1. The number of aliphatic carboxylic acids is 1. The molecule has 0 rings (SSSR count). The third-order valence-corrected chi connectivity index (χ3v) is 1.89. The molecule has 15 heavy (non-hydrogen) atoms. The summed E-state index contributed by atoms with van der Waals surface area (Å²) >= 11 is 0. The molecular weight excluding hydrogens is 198 g/mol. The van der Waals surface area contributed by atoms with Crippen molar-refractivity contribution >= 4 is 11.8 Å². The lowest BCUT2D eigenvalue weighted by atomic mass is 10.2. The standard InChI is InChI=1S/C10H19NO4/c1-8(12)9(7-10(13)14)15-6-5-11(2,3)4/h9H,5-7H2,1-4H3/p+1. The fourth-order valence-corrected chi connectivity index (χ4v) is 0.947. The van der Waals surface area contributed by atoms with Crippen LogP contribution in [0.1, 0.15) is 13.3 Å². The van der Waals surface area contributed by atoms with Gasteiger partial charge in [0, 0.05) is 0 Å². The van der Waals surface area contributed by atoms with Crippen LogP contribution in [0.3, 0.4) is 0 Å². The molecule has 0 aliphatic heterocycles. The largest absolute Gasteiger partial charge is 0.481 e. The molecule has 0 aromatic heterocycles. The lowest BCUT2D eigenvalue weighted by Crippen LogP contribution is -2.39. The SMILES string of the molecule is CC(=O)C(CC(=O)O)OCC[N+](C)(C)C. The fraction of sp³-hybridized carbons (Fsp3) is 0.800. The molecule has 0 bridgehead atoms. The van der Waals surface area contributed by atoms with Crippen molar-refractivity contribution in [2.45, 2.75) is 19.4 Å². The van der Waals surface area contributed by atoms with Gasteiger partial charge in [0.25, 0.3) is 0 Å². The summed E-state index contributed by atoms with van der Waals surface area (Å²) in [7, 11) is 6.01. The van der Waals surface area contributed by atoms with E-state index in [2.05, 4.69) is 0 Å².